The number of hydrogen-bond acceptors (Lipinski definition) is 4. The second-order valence-electron chi connectivity index (χ2n) is 4.41. The number of fused-ring (bicyclic) bond motifs is 1. The summed E-state index contributed by atoms with van der Waals surface area (Å²) in [5.41, 5.74) is 7.84. The molecule has 1 aliphatic heterocycles. The normalized spacial score (nSPS) is 20.1. The van der Waals surface area contributed by atoms with E-state index in [1.54, 1.807) is 23.0 Å². The molecule has 1 aliphatic rings. The number of nitrogens with two attached hydrogens (primary N) is 1. The second-order valence-corrected chi connectivity index (χ2v) is 4.41. The SMILES string of the molecule is CN1C(=O)CC(n2cnc3cc(N)ccc32)C1=O. The number of likely N-dealkylation sites (N-methyl/N-ethyl adjacent to an activating group) is 1. The van der Waals surface area contributed by atoms with Crippen LogP contribution in [0.3, 0.4) is 0 Å². The molecule has 2 aromatic rings. The molecule has 1 saturated heterocycles. The number of anilines is 1. The molecule has 92 valence electrons. The Labute approximate surface area is 103 Å². The first-order chi connectivity index (χ1) is 8.58. The molecule has 0 aliphatic carbocycles. The number of imidazole rings is 1. The quantitative estimate of drug-likeness (QED) is 0.586. The number of carbonyl (C=O) groups excluding carboxylic acids is 2. The average molecular weight is 244 g/mol. The van der Waals surface area contributed by atoms with Crippen molar-refractivity contribution in [3.8, 4) is 0 Å². The van der Waals surface area contributed by atoms with Gasteiger partial charge < -0.3 is 10.3 Å². The summed E-state index contributed by atoms with van der Waals surface area (Å²) in [5, 5.41) is 0. The molecule has 0 saturated carbocycles. The molecule has 2 amide bonds. The lowest BCUT2D eigenvalue weighted by Crippen LogP contribution is -2.26. The lowest BCUT2D eigenvalue weighted by Gasteiger charge is -2.11. The van der Waals surface area contributed by atoms with Gasteiger partial charge in [-0.15, -0.1) is 0 Å². The van der Waals surface area contributed by atoms with E-state index in [4.69, 9.17) is 5.73 Å². The van der Waals surface area contributed by atoms with Crippen LogP contribution in [0.2, 0.25) is 0 Å². The fourth-order valence-electron chi connectivity index (χ4n) is 2.25. The molecule has 3 rings (SSSR count). The van der Waals surface area contributed by atoms with Gasteiger partial charge in [-0.25, -0.2) is 4.98 Å². The fraction of sp³-hybridized carbons (Fsp3) is 0.250. The fourth-order valence-corrected chi connectivity index (χ4v) is 2.25. The Morgan fingerprint density at radius 1 is 1.39 bits per heavy atom. The molecule has 0 spiro atoms. The lowest BCUT2D eigenvalue weighted by molar-refractivity contribution is -0.137. The Kier molecular flexibility index (Phi) is 2.13. The van der Waals surface area contributed by atoms with E-state index >= 15 is 0 Å². The predicted octanol–water partition coefficient (Wildman–Crippen LogP) is 0.548. The highest BCUT2D eigenvalue weighted by molar-refractivity contribution is 6.04. The third kappa shape index (κ3) is 1.38. The summed E-state index contributed by atoms with van der Waals surface area (Å²) < 4.78 is 1.73. The molecule has 0 radical (unpaired) electrons. The maximum Gasteiger partial charge on any atom is 0.252 e. The molecule has 1 fully saturated rings. The summed E-state index contributed by atoms with van der Waals surface area (Å²) in [6.07, 6.45) is 1.77. The van der Waals surface area contributed by atoms with Gasteiger partial charge in [0.25, 0.3) is 5.91 Å². The molecule has 6 heteroatoms. The first-order valence-corrected chi connectivity index (χ1v) is 5.60. The molecular formula is C12H12N4O2. The molecule has 1 unspecified atom stereocenters. The molecule has 1 atom stereocenters. The van der Waals surface area contributed by atoms with Gasteiger partial charge in [0.2, 0.25) is 5.91 Å². The van der Waals surface area contributed by atoms with Crippen LogP contribution in [0.4, 0.5) is 5.69 Å². The zero-order valence-electron chi connectivity index (χ0n) is 9.83. The maximum absolute atomic E-state index is 12.0. The third-order valence-electron chi connectivity index (χ3n) is 3.29. The molecular weight excluding hydrogens is 232 g/mol. The van der Waals surface area contributed by atoms with Crippen LogP contribution in [0.5, 0.6) is 0 Å². The van der Waals surface area contributed by atoms with Crippen molar-refractivity contribution in [2.24, 2.45) is 0 Å². The highest BCUT2D eigenvalue weighted by Gasteiger charge is 2.37. The topological polar surface area (TPSA) is 81.2 Å². The van der Waals surface area contributed by atoms with Gasteiger partial charge in [0.05, 0.1) is 23.8 Å². The molecule has 1 aromatic carbocycles. The smallest absolute Gasteiger partial charge is 0.252 e. The Hall–Kier alpha value is -2.37. The summed E-state index contributed by atoms with van der Waals surface area (Å²) in [4.78, 5) is 28.9. The number of aromatic nitrogens is 2. The first-order valence-electron chi connectivity index (χ1n) is 5.60. The summed E-state index contributed by atoms with van der Waals surface area (Å²) >= 11 is 0. The number of carbonyl (C=O) groups is 2. The van der Waals surface area contributed by atoms with Crippen molar-refractivity contribution in [2.45, 2.75) is 12.5 Å². The van der Waals surface area contributed by atoms with E-state index in [1.165, 1.54) is 7.05 Å². The highest BCUT2D eigenvalue weighted by atomic mass is 16.2. The van der Waals surface area contributed by atoms with Crippen LogP contribution in [-0.2, 0) is 9.59 Å². The minimum Gasteiger partial charge on any atom is -0.399 e. The van der Waals surface area contributed by atoms with Gasteiger partial charge in [-0.1, -0.05) is 0 Å². The van der Waals surface area contributed by atoms with Crippen LogP contribution >= 0.6 is 0 Å². The largest absolute Gasteiger partial charge is 0.399 e. The molecule has 18 heavy (non-hydrogen) atoms. The van der Waals surface area contributed by atoms with Crippen molar-refractivity contribution in [2.75, 3.05) is 12.8 Å². The number of rotatable bonds is 1. The summed E-state index contributed by atoms with van der Waals surface area (Å²) in [6, 6.07) is 4.83. The minimum atomic E-state index is -0.490. The highest BCUT2D eigenvalue weighted by Crippen LogP contribution is 2.27. The van der Waals surface area contributed by atoms with E-state index in [2.05, 4.69) is 4.98 Å². The van der Waals surface area contributed by atoms with Gasteiger partial charge in [0.1, 0.15) is 6.04 Å². The Balaban J connectivity index is 2.11. The van der Waals surface area contributed by atoms with Gasteiger partial charge in [-0.3, -0.25) is 14.5 Å². The van der Waals surface area contributed by atoms with Crippen LogP contribution in [-0.4, -0.2) is 33.3 Å². The Morgan fingerprint density at radius 3 is 2.83 bits per heavy atom. The average Bonchev–Trinajstić information content (AvgIpc) is 2.85. The van der Waals surface area contributed by atoms with Crippen molar-refractivity contribution in [1.82, 2.24) is 14.5 Å². The van der Waals surface area contributed by atoms with E-state index in [1.807, 2.05) is 6.07 Å². The van der Waals surface area contributed by atoms with E-state index in [0.717, 1.165) is 15.9 Å². The van der Waals surface area contributed by atoms with Crippen LogP contribution < -0.4 is 5.73 Å². The number of benzene rings is 1. The van der Waals surface area contributed by atoms with Crippen LogP contribution in [0, 0.1) is 0 Å². The first kappa shape index (κ1) is 10.8. The minimum absolute atomic E-state index is 0.165. The number of imide groups is 1. The molecule has 2 heterocycles. The van der Waals surface area contributed by atoms with Crippen molar-refractivity contribution >= 4 is 28.5 Å². The summed E-state index contributed by atoms with van der Waals surface area (Å²) in [5.74, 6) is -0.363. The van der Waals surface area contributed by atoms with E-state index < -0.39 is 6.04 Å². The molecule has 6 nitrogen and oxygen atoms in total. The van der Waals surface area contributed by atoms with E-state index in [0.29, 0.717) is 5.69 Å². The van der Waals surface area contributed by atoms with E-state index in [9.17, 15) is 9.59 Å². The Bertz CT molecular complexity index is 661. The van der Waals surface area contributed by atoms with Gasteiger partial charge in [-0.2, -0.15) is 0 Å². The van der Waals surface area contributed by atoms with E-state index in [-0.39, 0.29) is 18.2 Å². The molecule has 0 bridgehead atoms. The number of likely N-dealkylation sites (tertiary alicyclic amines) is 1. The van der Waals surface area contributed by atoms with Gasteiger partial charge in [0.15, 0.2) is 0 Å². The summed E-state index contributed by atoms with van der Waals surface area (Å²) in [7, 11) is 1.50. The van der Waals surface area contributed by atoms with Crippen LogP contribution in [0.15, 0.2) is 24.5 Å². The van der Waals surface area contributed by atoms with Crippen LogP contribution in [0.25, 0.3) is 11.0 Å². The van der Waals surface area contributed by atoms with Crippen molar-refractivity contribution in [1.29, 1.82) is 0 Å². The van der Waals surface area contributed by atoms with Gasteiger partial charge >= 0.3 is 0 Å². The van der Waals surface area contributed by atoms with Crippen molar-refractivity contribution < 1.29 is 9.59 Å². The standard InChI is InChI=1S/C12H12N4O2/c1-15-11(17)5-10(12(15)18)16-6-14-8-4-7(13)2-3-9(8)16/h2-4,6,10H,5,13H2,1H3. The zero-order valence-corrected chi connectivity index (χ0v) is 9.83. The van der Waals surface area contributed by atoms with Gasteiger partial charge in [-0.05, 0) is 18.2 Å². The predicted molar refractivity (Wildman–Crippen MR) is 65.6 cm³/mol. The zero-order chi connectivity index (χ0) is 12.9. The molecule has 1 aromatic heterocycles. The Morgan fingerprint density at radius 2 is 2.17 bits per heavy atom. The third-order valence-corrected chi connectivity index (χ3v) is 3.29. The summed E-state index contributed by atoms with van der Waals surface area (Å²) in [6.45, 7) is 0. The van der Waals surface area contributed by atoms with Crippen molar-refractivity contribution in [3.63, 3.8) is 0 Å². The monoisotopic (exact) mass is 244 g/mol. The number of nitrogen functional groups attached to an aromatic ring is 1. The van der Waals surface area contributed by atoms with Crippen LogP contribution in [0.1, 0.15) is 12.5 Å². The number of amides is 2. The number of hydrogen-bond donors (Lipinski definition) is 1. The van der Waals surface area contributed by atoms with Gasteiger partial charge in [0, 0.05) is 12.7 Å². The second kappa shape index (κ2) is 3.56. The molecule has 2 N–H and O–H groups in total. The van der Waals surface area contributed by atoms with Crippen molar-refractivity contribution in [3.05, 3.63) is 24.5 Å². The lowest BCUT2D eigenvalue weighted by atomic mass is 10.2. The maximum atomic E-state index is 12.0. The number of nitrogens with zero attached hydrogens (tertiary/aromatic N) is 3.